The Balaban J connectivity index is 1.61. The molecular weight excluding hydrogens is 442 g/mol. The second kappa shape index (κ2) is 12.0. The lowest BCUT2D eigenvalue weighted by Crippen LogP contribution is -2.49. The predicted octanol–water partition coefficient (Wildman–Crippen LogP) is 4.44. The molecule has 1 aromatic heterocycles. The number of methoxy groups -OCH3 is 1. The number of hydrogen-bond acceptors (Lipinski definition) is 6. The van der Waals surface area contributed by atoms with Crippen LogP contribution in [0, 0.1) is 0 Å². The molecule has 0 saturated carbocycles. The number of fused-ring (bicyclic) bond motifs is 1. The van der Waals surface area contributed by atoms with E-state index >= 15 is 0 Å². The zero-order valence-corrected chi connectivity index (χ0v) is 20.8. The Morgan fingerprint density at radius 3 is 2.69 bits per heavy atom. The average molecular weight is 478 g/mol. The second-order valence-corrected chi connectivity index (χ2v) is 9.17. The average Bonchev–Trinajstić information content (AvgIpc) is 2.88. The quantitative estimate of drug-likeness (QED) is 0.435. The molecule has 2 aromatic carbocycles. The van der Waals surface area contributed by atoms with E-state index < -0.39 is 0 Å². The molecule has 0 unspecified atom stereocenters. The van der Waals surface area contributed by atoms with Gasteiger partial charge >= 0.3 is 0 Å². The molecule has 4 rings (SSSR count). The Morgan fingerprint density at radius 2 is 1.91 bits per heavy atom. The fraction of sp³-hybridized carbons (Fsp3) is 0.429. The summed E-state index contributed by atoms with van der Waals surface area (Å²) >= 11 is 0. The summed E-state index contributed by atoms with van der Waals surface area (Å²) in [6.45, 7) is 7.52. The number of nitrogens with zero attached hydrogens (tertiary/aromatic N) is 2. The minimum absolute atomic E-state index is 0.0959. The zero-order chi connectivity index (χ0) is 24.6. The van der Waals surface area contributed by atoms with Gasteiger partial charge in [0.05, 0.1) is 6.61 Å². The molecule has 2 heterocycles. The first-order valence-electron chi connectivity index (χ1n) is 12.3. The minimum atomic E-state index is -0.197. The van der Waals surface area contributed by atoms with Gasteiger partial charge in [0, 0.05) is 37.2 Å². The van der Waals surface area contributed by atoms with Crippen LogP contribution in [-0.2, 0) is 11.3 Å². The molecule has 0 aliphatic carbocycles. The van der Waals surface area contributed by atoms with E-state index in [2.05, 4.69) is 24.1 Å². The third-order valence-electron chi connectivity index (χ3n) is 6.30. The van der Waals surface area contributed by atoms with Gasteiger partial charge in [0.15, 0.2) is 0 Å². The smallest absolute Gasteiger partial charge is 0.270 e. The topological polar surface area (TPSA) is 72.9 Å². The molecule has 1 amide bonds. The van der Waals surface area contributed by atoms with Crippen molar-refractivity contribution in [2.45, 2.75) is 45.4 Å². The molecule has 1 aliphatic rings. The van der Waals surface area contributed by atoms with Gasteiger partial charge in [-0.05, 0) is 50.9 Å². The normalized spacial score (nSPS) is 16.4. The van der Waals surface area contributed by atoms with E-state index in [0.29, 0.717) is 48.6 Å². The van der Waals surface area contributed by atoms with Crippen LogP contribution in [-0.4, -0.2) is 61.3 Å². The number of aromatic nitrogens is 1. The molecule has 0 radical (unpaired) electrons. The lowest BCUT2D eigenvalue weighted by molar-refractivity contribution is 0.0881. The van der Waals surface area contributed by atoms with Crippen molar-refractivity contribution in [2.24, 2.45) is 0 Å². The number of amides is 1. The molecule has 0 spiro atoms. The molecule has 1 saturated heterocycles. The number of rotatable bonds is 10. The molecule has 7 nitrogen and oxygen atoms in total. The number of likely N-dealkylation sites (tertiary alicyclic amines) is 1. The van der Waals surface area contributed by atoms with Gasteiger partial charge in [0.25, 0.3) is 5.91 Å². The van der Waals surface area contributed by atoms with Crippen LogP contribution in [0.15, 0.2) is 54.6 Å². The third kappa shape index (κ3) is 6.50. The van der Waals surface area contributed by atoms with E-state index in [1.54, 1.807) is 13.2 Å². The molecule has 35 heavy (non-hydrogen) atoms. The highest BCUT2D eigenvalue weighted by Gasteiger charge is 2.24. The first-order valence-corrected chi connectivity index (χ1v) is 12.3. The highest BCUT2D eigenvalue weighted by atomic mass is 16.5. The number of nitrogens with one attached hydrogen (secondary N) is 1. The van der Waals surface area contributed by atoms with Crippen molar-refractivity contribution in [2.75, 3.05) is 33.4 Å². The summed E-state index contributed by atoms with van der Waals surface area (Å²) in [5, 5.41) is 3.99. The summed E-state index contributed by atoms with van der Waals surface area (Å²) in [6.07, 6.45) is 2.03. The van der Waals surface area contributed by atoms with Gasteiger partial charge in [-0.2, -0.15) is 0 Å². The van der Waals surface area contributed by atoms with Crippen LogP contribution in [0.25, 0.3) is 10.9 Å². The Morgan fingerprint density at radius 1 is 1.09 bits per heavy atom. The van der Waals surface area contributed by atoms with E-state index in [1.165, 1.54) is 0 Å². The van der Waals surface area contributed by atoms with Crippen LogP contribution in [0.5, 0.6) is 11.5 Å². The van der Waals surface area contributed by atoms with Crippen LogP contribution in [0.1, 0.15) is 42.7 Å². The Hall–Kier alpha value is -3.16. The van der Waals surface area contributed by atoms with Crippen molar-refractivity contribution in [1.82, 2.24) is 15.2 Å². The van der Waals surface area contributed by atoms with Crippen molar-refractivity contribution in [1.29, 1.82) is 0 Å². The number of benzene rings is 2. The fourth-order valence-corrected chi connectivity index (χ4v) is 4.37. The Kier molecular flexibility index (Phi) is 8.55. The Bertz CT molecular complexity index is 1120. The fourth-order valence-electron chi connectivity index (χ4n) is 4.37. The monoisotopic (exact) mass is 477 g/mol. The van der Waals surface area contributed by atoms with Gasteiger partial charge in [-0.15, -0.1) is 0 Å². The van der Waals surface area contributed by atoms with Gasteiger partial charge < -0.3 is 19.5 Å². The van der Waals surface area contributed by atoms with E-state index in [1.807, 2.05) is 48.5 Å². The molecule has 3 aromatic rings. The molecule has 1 fully saturated rings. The van der Waals surface area contributed by atoms with Crippen molar-refractivity contribution in [3.63, 3.8) is 0 Å². The summed E-state index contributed by atoms with van der Waals surface area (Å²) in [5.74, 6) is 1.01. The minimum Gasteiger partial charge on any atom is -0.490 e. The van der Waals surface area contributed by atoms with Crippen LogP contribution >= 0.6 is 0 Å². The molecule has 7 heteroatoms. The lowest BCUT2D eigenvalue weighted by Gasteiger charge is -2.35. The largest absolute Gasteiger partial charge is 0.490 e. The number of ether oxygens (including phenoxy) is 3. The van der Waals surface area contributed by atoms with Crippen LogP contribution in [0.3, 0.4) is 0 Å². The molecule has 186 valence electrons. The molecule has 1 N–H and O–H groups in total. The van der Waals surface area contributed by atoms with Crippen LogP contribution in [0.2, 0.25) is 0 Å². The standard InChI is InChI=1S/C28H35N3O4/c1-20(2)31-14-8-11-22(18-31)29-28(32)24-17-26(34-16-15-33-3)23-12-7-13-25(27(23)30-24)35-19-21-9-5-4-6-10-21/h4-7,9-10,12-13,17,20,22H,8,11,14-16,18-19H2,1-3H3,(H,29,32)/t22-/m1/s1. The summed E-state index contributed by atoms with van der Waals surface area (Å²) in [7, 11) is 1.63. The highest BCUT2D eigenvalue weighted by Crippen LogP contribution is 2.32. The molecular formula is C28H35N3O4. The third-order valence-corrected chi connectivity index (χ3v) is 6.30. The van der Waals surface area contributed by atoms with E-state index in [0.717, 1.165) is 36.9 Å². The van der Waals surface area contributed by atoms with Gasteiger partial charge in [0.1, 0.15) is 35.9 Å². The first kappa shape index (κ1) is 24.9. The zero-order valence-electron chi connectivity index (χ0n) is 20.8. The number of piperidine rings is 1. The van der Waals surface area contributed by atoms with Crippen molar-refractivity contribution in [3.05, 3.63) is 65.9 Å². The maximum absolute atomic E-state index is 13.3. The van der Waals surface area contributed by atoms with E-state index in [9.17, 15) is 4.79 Å². The van der Waals surface area contributed by atoms with Gasteiger partial charge in [-0.3, -0.25) is 9.69 Å². The van der Waals surface area contributed by atoms with Crippen molar-refractivity contribution < 1.29 is 19.0 Å². The highest BCUT2D eigenvalue weighted by molar-refractivity contribution is 5.98. The Labute approximate surface area is 207 Å². The van der Waals surface area contributed by atoms with E-state index in [-0.39, 0.29) is 11.9 Å². The number of carbonyl (C=O) groups is 1. The van der Waals surface area contributed by atoms with Gasteiger partial charge in [0.2, 0.25) is 0 Å². The number of carbonyl (C=O) groups excluding carboxylic acids is 1. The molecule has 1 atom stereocenters. The molecule has 1 aliphatic heterocycles. The summed E-state index contributed by atoms with van der Waals surface area (Å²) < 4.78 is 17.3. The van der Waals surface area contributed by atoms with Crippen molar-refractivity contribution >= 4 is 16.8 Å². The lowest BCUT2D eigenvalue weighted by atomic mass is 10.0. The van der Waals surface area contributed by atoms with Gasteiger partial charge in [-0.1, -0.05) is 36.4 Å². The van der Waals surface area contributed by atoms with Gasteiger partial charge in [-0.25, -0.2) is 4.98 Å². The number of para-hydroxylation sites is 1. The first-order chi connectivity index (χ1) is 17.0. The SMILES string of the molecule is COCCOc1cc(C(=O)N[C@@H]2CCCN(C(C)C)C2)nc2c(OCc3ccccc3)cccc12. The summed E-state index contributed by atoms with van der Waals surface area (Å²) in [5.41, 5.74) is 1.99. The number of hydrogen-bond donors (Lipinski definition) is 1. The second-order valence-electron chi connectivity index (χ2n) is 9.17. The van der Waals surface area contributed by atoms with Crippen LogP contribution in [0.4, 0.5) is 0 Å². The molecule has 0 bridgehead atoms. The van der Waals surface area contributed by atoms with Crippen LogP contribution < -0.4 is 14.8 Å². The maximum Gasteiger partial charge on any atom is 0.270 e. The maximum atomic E-state index is 13.3. The van der Waals surface area contributed by atoms with Crippen molar-refractivity contribution in [3.8, 4) is 11.5 Å². The summed E-state index contributed by atoms with van der Waals surface area (Å²) in [6, 6.07) is 18.0. The number of pyridine rings is 1. The van der Waals surface area contributed by atoms with E-state index in [4.69, 9.17) is 19.2 Å². The predicted molar refractivity (Wildman–Crippen MR) is 137 cm³/mol. The summed E-state index contributed by atoms with van der Waals surface area (Å²) in [4.78, 5) is 20.4.